The monoisotopic (exact) mass is 321 g/mol. The molecular weight excluding hydrogens is 302 g/mol. The lowest BCUT2D eigenvalue weighted by Gasteiger charge is -2.35. The molecule has 1 N–H and O–H groups in total. The van der Waals surface area contributed by atoms with E-state index >= 15 is 0 Å². The van der Waals surface area contributed by atoms with Crippen LogP contribution in [0.4, 0.5) is 0 Å². The van der Waals surface area contributed by atoms with Crippen LogP contribution in [0.5, 0.6) is 0 Å². The first-order valence-electron chi connectivity index (χ1n) is 7.46. The number of carboxylic acid groups (broad SMARTS) is 1. The third-order valence-electron chi connectivity index (χ3n) is 4.07. The van der Waals surface area contributed by atoms with E-state index in [2.05, 4.69) is 6.07 Å². The lowest BCUT2D eigenvalue weighted by Crippen LogP contribution is -2.47. The molecule has 22 heavy (non-hydrogen) atoms. The van der Waals surface area contributed by atoms with E-state index in [-0.39, 0.29) is 17.6 Å². The highest BCUT2D eigenvalue weighted by molar-refractivity contribution is 8.00. The average Bonchev–Trinajstić information content (AvgIpc) is 2.53. The first kappa shape index (κ1) is 15.4. The molecule has 1 amide bonds. The molecule has 6 heteroatoms. The van der Waals surface area contributed by atoms with Crippen molar-refractivity contribution < 1.29 is 19.4 Å². The number of morpholine rings is 1. The zero-order valence-electron chi connectivity index (χ0n) is 12.2. The molecule has 0 unspecified atom stereocenters. The molecule has 0 aliphatic carbocycles. The van der Waals surface area contributed by atoms with E-state index in [0.717, 1.165) is 17.7 Å². The van der Waals surface area contributed by atoms with Crippen LogP contribution in [-0.2, 0) is 20.7 Å². The summed E-state index contributed by atoms with van der Waals surface area (Å²) in [4.78, 5) is 25.4. The van der Waals surface area contributed by atoms with Gasteiger partial charge in [0.05, 0.1) is 19.1 Å². The van der Waals surface area contributed by atoms with Crippen LogP contribution in [0, 0.1) is 0 Å². The predicted octanol–water partition coefficient (Wildman–Crippen LogP) is 1.72. The summed E-state index contributed by atoms with van der Waals surface area (Å²) >= 11 is 1.67. The molecule has 1 aromatic rings. The zero-order chi connectivity index (χ0) is 15.5. The summed E-state index contributed by atoms with van der Waals surface area (Å²) in [5.41, 5.74) is 2.35. The molecule has 1 aromatic carbocycles. The van der Waals surface area contributed by atoms with Crippen molar-refractivity contribution in [3.63, 3.8) is 0 Å². The van der Waals surface area contributed by atoms with Gasteiger partial charge in [0.25, 0.3) is 0 Å². The molecule has 3 rings (SSSR count). The van der Waals surface area contributed by atoms with Gasteiger partial charge < -0.3 is 14.7 Å². The second kappa shape index (κ2) is 6.71. The summed E-state index contributed by atoms with van der Waals surface area (Å²) < 4.78 is 5.44. The fourth-order valence-electron chi connectivity index (χ4n) is 3.00. The summed E-state index contributed by atoms with van der Waals surface area (Å²) in [5.74, 6) is 0.128. The number of thioether (sulfide) groups is 1. The van der Waals surface area contributed by atoms with Gasteiger partial charge in [-0.3, -0.25) is 9.59 Å². The van der Waals surface area contributed by atoms with Crippen molar-refractivity contribution in [1.29, 1.82) is 0 Å². The Morgan fingerprint density at radius 2 is 2.18 bits per heavy atom. The SMILES string of the molecule is O=C(O)C[C@@H]1CN(C(=O)[C@@H]2SCCc3ccccc32)CCO1. The van der Waals surface area contributed by atoms with Gasteiger partial charge in [0, 0.05) is 13.1 Å². The minimum atomic E-state index is -0.892. The third-order valence-corrected chi connectivity index (χ3v) is 5.30. The van der Waals surface area contributed by atoms with Crippen LogP contribution in [0.3, 0.4) is 0 Å². The molecule has 0 spiro atoms. The van der Waals surface area contributed by atoms with Gasteiger partial charge in [-0.25, -0.2) is 0 Å². The van der Waals surface area contributed by atoms with Gasteiger partial charge in [0.15, 0.2) is 0 Å². The summed E-state index contributed by atoms with van der Waals surface area (Å²) in [6.07, 6.45) is 0.534. The second-order valence-corrected chi connectivity index (χ2v) is 6.79. The number of hydrogen-bond acceptors (Lipinski definition) is 4. The number of carbonyl (C=O) groups is 2. The molecule has 2 atom stereocenters. The maximum atomic E-state index is 12.8. The van der Waals surface area contributed by atoms with Crippen LogP contribution in [-0.4, -0.2) is 53.4 Å². The molecule has 0 aromatic heterocycles. The van der Waals surface area contributed by atoms with Gasteiger partial charge in [-0.05, 0) is 23.3 Å². The molecule has 1 fully saturated rings. The number of carbonyl (C=O) groups excluding carboxylic acids is 1. The fraction of sp³-hybridized carbons (Fsp3) is 0.500. The van der Waals surface area contributed by atoms with E-state index in [1.54, 1.807) is 16.7 Å². The number of carboxylic acids is 1. The predicted molar refractivity (Wildman–Crippen MR) is 83.9 cm³/mol. The maximum absolute atomic E-state index is 12.8. The van der Waals surface area contributed by atoms with Crippen LogP contribution in [0.15, 0.2) is 24.3 Å². The smallest absolute Gasteiger partial charge is 0.306 e. The van der Waals surface area contributed by atoms with Crippen molar-refractivity contribution >= 4 is 23.6 Å². The van der Waals surface area contributed by atoms with E-state index in [0.29, 0.717) is 19.7 Å². The standard InChI is InChI=1S/C16H19NO4S/c18-14(19)9-12-10-17(6-7-21-12)16(20)15-13-4-2-1-3-11(13)5-8-22-15/h1-4,12,15H,5-10H2,(H,18,19)/t12-,15-/m1/s1. The van der Waals surface area contributed by atoms with Crippen LogP contribution >= 0.6 is 11.8 Å². The second-order valence-electron chi connectivity index (χ2n) is 5.57. The minimum absolute atomic E-state index is 0.0574. The van der Waals surface area contributed by atoms with E-state index in [9.17, 15) is 9.59 Å². The summed E-state index contributed by atoms with van der Waals surface area (Å²) in [7, 11) is 0. The maximum Gasteiger partial charge on any atom is 0.306 e. The Hall–Kier alpha value is -1.53. The highest BCUT2D eigenvalue weighted by Crippen LogP contribution is 2.38. The lowest BCUT2D eigenvalue weighted by molar-refractivity contribution is -0.147. The number of hydrogen-bond donors (Lipinski definition) is 1. The molecule has 118 valence electrons. The van der Waals surface area contributed by atoms with Crippen molar-refractivity contribution in [2.24, 2.45) is 0 Å². The van der Waals surface area contributed by atoms with Crippen molar-refractivity contribution in [2.45, 2.75) is 24.2 Å². The van der Waals surface area contributed by atoms with E-state index in [1.807, 2.05) is 18.2 Å². The molecule has 2 aliphatic heterocycles. The largest absolute Gasteiger partial charge is 0.481 e. The van der Waals surface area contributed by atoms with Gasteiger partial charge in [-0.15, -0.1) is 11.8 Å². The van der Waals surface area contributed by atoms with Crippen LogP contribution < -0.4 is 0 Å². The first-order valence-corrected chi connectivity index (χ1v) is 8.51. The van der Waals surface area contributed by atoms with Crippen LogP contribution in [0.2, 0.25) is 0 Å². The molecule has 2 heterocycles. The van der Waals surface area contributed by atoms with Gasteiger partial charge in [-0.1, -0.05) is 24.3 Å². The zero-order valence-corrected chi connectivity index (χ0v) is 13.1. The Kier molecular flexibility index (Phi) is 4.69. The highest BCUT2D eigenvalue weighted by atomic mass is 32.2. The summed E-state index contributed by atoms with van der Waals surface area (Å²) in [5, 5.41) is 8.71. The fourth-order valence-corrected chi connectivity index (χ4v) is 4.28. The average molecular weight is 321 g/mol. The summed E-state index contributed by atoms with van der Waals surface area (Å²) in [6.45, 7) is 1.31. The van der Waals surface area contributed by atoms with E-state index in [1.165, 1.54) is 5.56 Å². The number of amides is 1. The number of fused-ring (bicyclic) bond motifs is 1. The van der Waals surface area contributed by atoms with Gasteiger partial charge in [0.1, 0.15) is 5.25 Å². The molecule has 0 bridgehead atoms. The molecular formula is C16H19NO4S. The van der Waals surface area contributed by atoms with Crippen LogP contribution in [0.1, 0.15) is 22.8 Å². The molecule has 0 radical (unpaired) electrons. The quantitative estimate of drug-likeness (QED) is 0.918. The van der Waals surface area contributed by atoms with Crippen molar-refractivity contribution in [1.82, 2.24) is 4.90 Å². The number of ether oxygens (including phenoxy) is 1. The minimum Gasteiger partial charge on any atom is -0.481 e. The summed E-state index contributed by atoms with van der Waals surface area (Å²) in [6, 6.07) is 8.09. The van der Waals surface area contributed by atoms with E-state index in [4.69, 9.17) is 9.84 Å². The van der Waals surface area contributed by atoms with Gasteiger partial charge >= 0.3 is 5.97 Å². The molecule has 0 saturated carbocycles. The normalized spacial score (nSPS) is 24.6. The molecule has 2 aliphatic rings. The third kappa shape index (κ3) is 3.28. The number of rotatable bonds is 3. The lowest BCUT2D eigenvalue weighted by atomic mass is 10.0. The number of benzene rings is 1. The van der Waals surface area contributed by atoms with Crippen molar-refractivity contribution in [3.05, 3.63) is 35.4 Å². The number of nitrogens with zero attached hydrogens (tertiary/aromatic N) is 1. The Morgan fingerprint density at radius 1 is 1.36 bits per heavy atom. The van der Waals surface area contributed by atoms with E-state index < -0.39 is 12.1 Å². The number of aliphatic carboxylic acids is 1. The Labute approximate surface area is 133 Å². The van der Waals surface area contributed by atoms with Gasteiger partial charge in [0.2, 0.25) is 5.91 Å². The van der Waals surface area contributed by atoms with Gasteiger partial charge in [-0.2, -0.15) is 0 Å². The molecule has 1 saturated heterocycles. The molecule has 5 nitrogen and oxygen atoms in total. The Balaban J connectivity index is 1.73. The Morgan fingerprint density at radius 3 is 3.00 bits per heavy atom. The number of aryl methyl sites for hydroxylation is 1. The first-order chi connectivity index (χ1) is 10.6. The highest BCUT2D eigenvalue weighted by Gasteiger charge is 2.33. The Bertz CT molecular complexity index is 577. The van der Waals surface area contributed by atoms with Crippen LogP contribution in [0.25, 0.3) is 0 Å². The topological polar surface area (TPSA) is 66.8 Å². The van der Waals surface area contributed by atoms with Crippen molar-refractivity contribution in [3.8, 4) is 0 Å². The van der Waals surface area contributed by atoms with Crippen molar-refractivity contribution in [2.75, 3.05) is 25.4 Å².